The second-order valence-electron chi connectivity index (χ2n) is 7.05. The van der Waals surface area contributed by atoms with E-state index < -0.39 is 0 Å². The van der Waals surface area contributed by atoms with Gasteiger partial charge in [-0.15, -0.1) is 0 Å². The van der Waals surface area contributed by atoms with Crippen LogP contribution in [-0.2, 0) is 0 Å². The molecule has 0 aromatic heterocycles. The molecule has 1 saturated heterocycles. The van der Waals surface area contributed by atoms with Crippen molar-refractivity contribution >= 4 is 0 Å². The van der Waals surface area contributed by atoms with Crippen LogP contribution in [0.4, 0.5) is 0 Å². The Balaban J connectivity index is 2.05. The van der Waals surface area contributed by atoms with Crippen LogP contribution >= 0.6 is 0 Å². The molecule has 2 rings (SSSR count). The summed E-state index contributed by atoms with van der Waals surface area (Å²) >= 11 is 0. The van der Waals surface area contributed by atoms with Gasteiger partial charge in [0.2, 0.25) is 0 Å². The highest BCUT2D eigenvalue weighted by atomic mass is 15.3. The number of likely N-dealkylation sites (N-methyl/N-ethyl adjacent to an activating group) is 1. The van der Waals surface area contributed by atoms with Crippen LogP contribution in [0.25, 0.3) is 0 Å². The van der Waals surface area contributed by atoms with E-state index in [0.717, 1.165) is 12.5 Å². The average molecular weight is 267 g/mol. The fraction of sp³-hybridized carbons (Fsp3) is 1.00. The number of nitrogens with two attached hydrogens (primary N) is 1. The van der Waals surface area contributed by atoms with Crippen molar-refractivity contribution in [2.45, 2.75) is 70.5 Å². The van der Waals surface area contributed by atoms with Gasteiger partial charge in [0.1, 0.15) is 0 Å². The summed E-state index contributed by atoms with van der Waals surface area (Å²) in [5, 5.41) is 0. The summed E-state index contributed by atoms with van der Waals surface area (Å²) in [6.07, 6.45) is 6.72. The molecule has 2 atom stereocenters. The Labute approximate surface area is 119 Å². The van der Waals surface area contributed by atoms with E-state index in [1.165, 1.54) is 45.2 Å². The van der Waals surface area contributed by atoms with Crippen LogP contribution < -0.4 is 5.73 Å². The van der Waals surface area contributed by atoms with Gasteiger partial charge < -0.3 is 5.73 Å². The summed E-state index contributed by atoms with van der Waals surface area (Å²) in [7, 11) is 2.26. The molecule has 0 aromatic rings. The fourth-order valence-corrected chi connectivity index (χ4v) is 4.06. The largest absolute Gasteiger partial charge is 0.329 e. The molecule has 2 N–H and O–H groups in total. The Bertz CT molecular complexity index is 272. The minimum atomic E-state index is 0.301. The Kier molecular flexibility index (Phi) is 4.91. The van der Waals surface area contributed by atoms with E-state index in [0.29, 0.717) is 17.6 Å². The molecule has 112 valence electrons. The average Bonchev–Trinajstić information content (AvgIpc) is 2.44. The molecule has 1 heterocycles. The summed E-state index contributed by atoms with van der Waals surface area (Å²) < 4.78 is 0. The van der Waals surface area contributed by atoms with E-state index in [1.54, 1.807) is 0 Å². The van der Waals surface area contributed by atoms with Crippen molar-refractivity contribution in [1.29, 1.82) is 0 Å². The van der Waals surface area contributed by atoms with Crippen molar-refractivity contribution < 1.29 is 0 Å². The zero-order chi connectivity index (χ0) is 14.0. The maximum Gasteiger partial charge on any atom is 0.0333 e. The molecule has 0 amide bonds. The Hall–Kier alpha value is -0.120. The van der Waals surface area contributed by atoms with Gasteiger partial charge in [0.25, 0.3) is 0 Å². The number of nitrogens with zero attached hydrogens (tertiary/aromatic N) is 2. The first-order chi connectivity index (χ1) is 9.02. The molecule has 1 saturated carbocycles. The summed E-state index contributed by atoms with van der Waals surface area (Å²) in [5.74, 6) is 0.946. The number of piperazine rings is 1. The van der Waals surface area contributed by atoms with Gasteiger partial charge in [0.05, 0.1) is 0 Å². The molecule has 2 unspecified atom stereocenters. The molecular formula is C16H33N3. The van der Waals surface area contributed by atoms with Crippen LogP contribution in [0.2, 0.25) is 0 Å². The lowest BCUT2D eigenvalue weighted by molar-refractivity contribution is -0.0323. The van der Waals surface area contributed by atoms with Crippen LogP contribution in [-0.4, -0.2) is 54.1 Å². The lowest BCUT2D eigenvalue weighted by atomic mass is 9.74. The summed E-state index contributed by atoms with van der Waals surface area (Å²) in [4.78, 5) is 5.24. The zero-order valence-corrected chi connectivity index (χ0v) is 13.4. The van der Waals surface area contributed by atoms with E-state index in [1.807, 2.05) is 0 Å². The van der Waals surface area contributed by atoms with Crippen LogP contribution in [0.5, 0.6) is 0 Å². The highest BCUT2D eigenvalue weighted by Gasteiger charge is 2.42. The minimum absolute atomic E-state index is 0.301. The SMILES string of the molecule is CCC1CCC(CN)(N2CC(C)N(C)C(C)C2)CC1. The van der Waals surface area contributed by atoms with Crippen molar-refractivity contribution in [3.05, 3.63) is 0 Å². The molecule has 2 aliphatic rings. The molecule has 0 aromatic carbocycles. The maximum atomic E-state index is 6.23. The van der Waals surface area contributed by atoms with Gasteiger partial charge in [0, 0.05) is 37.3 Å². The standard InChI is InChI=1S/C16H33N3/c1-5-15-6-8-16(12-17,9-7-15)19-10-13(2)18(4)14(3)11-19/h13-15H,5-12,17H2,1-4H3. The van der Waals surface area contributed by atoms with Gasteiger partial charge in [-0.3, -0.25) is 9.80 Å². The topological polar surface area (TPSA) is 32.5 Å². The summed E-state index contributed by atoms with van der Waals surface area (Å²) in [5.41, 5.74) is 6.53. The number of rotatable bonds is 3. The quantitative estimate of drug-likeness (QED) is 0.852. The van der Waals surface area contributed by atoms with Crippen molar-refractivity contribution in [2.75, 3.05) is 26.7 Å². The summed E-state index contributed by atoms with van der Waals surface area (Å²) in [6, 6.07) is 1.30. The predicted octanol–water partition coefficient (Wildman–Crippen LogP) is 2.31. The van der Waals surface area contributed by atoms with Gasteiger partial charge in [-0.25, -0.2) is 0 Å². The first-order valence-electron chi connectivity index (χ1n) is 8.19. The highest BCUT2D eigenvalue weighted by molar-refractivity contribution is 4.99. The molecule has 0 spiro atoms. The van der Waals surface area contributed by atoms with Gasteiger partial charge in [-0.2, -0.15) is 0 Å². The number of hydrogen-bond donors (Lipinski definition) is 1. The monoisotopic (exact) mass is 267 g/mol. The Morgan fingerprint density at radius 1 is 1.11 bits per heavy atom. The van der Waals surface area contributed by atoms with E-state index in [-0.39, 0.29) is 0 Å². The van der Waals surface area contributed by atoms with Crippen LogP contribution in [0.3, 0.4) is 0 Å². The molecule has 19 heavy (non-hydrogen) atoms. The molecule has 3 nitrogen and oxygen atoms in total. The van der Waals surface area contributed by atoms with E-state index in [2.05, 4.69) is 37.6 Å². The van der Waals surface area contributed by atoms with E-state index >= 15 is 0 Å². The van der Waals surface area contributed by atoms with Crippen LogP contribution in [0.15, 0.2) is 0 Å². The molecule has 0 radical (unpaired) electrons. The third kappa shape index (κ3) is 2.98. The van der Waals surface area contributed by atoms with Crippen LogP contribution in [0.1, 0.15) is 52.9 Å². The van der Waals surface area contributed by atoms with Crippen LogP contribution in [0, 0.1) is 5.92 Å². The highest BCUT2D eigenvalue weighted by Crippen LogP contribution is 2.38. The molecule has 2 fully saturated rings. The third-order valence-electron chi connectivity index (χ3n) is 6.02. The molecule has 1 aliphatic carbocycles. The predicted molar refractivity (Wildman–Crippen MR) is 82.3 cm³/mol. The molecule has 1 aliphatic heterocycles. The van der Waals surface area contributed by atoms with Gasteiger partial charge in [0.15, 0.2) is 0 Å². The second-order valence-corrected chi connectivity index (χ2v) is 7.05. The maximum absolute atomic E-state index is 6.23. The summed E-state index contributed by atoms with van der Waals surface area (Å²) in [6.45, 7) is 10.3. The first-order valence-corrected chi connectivity index (χ1v) is 8.19. The van der Waals surface area contributed by atoms with Crippen molar-refractivity contribution in [2.24, 2.45) is 11.7 Å². The minimum Gasteiger partial charge on any atom is -0.329 e. The number of hydrogen-bond acceptors (Lipinski definition) is 3. The lowest BCUT2D eigenvalue weighted by Gasteiger charge is -2.53. The third-order valence-corrected chi connectivity index (χ3v) is 6.02. The molecule has 3 heteroatoms. The van der Waals surface area contributed by atoms with Gasteiger partial charge in [-0.05, 0) is 52.5 Å². The van der Waals surface area contributed by atoms with Crippen molar-refractivity contribution in [3.63, 3.8) is 0 Å². The molecular weight excluding hydrogens is 234 g/mol. The van der Waals surface area contributed by atoms with Crippen molar-refractivity contribution in [1.82, 2.24) is 9.80 Å². The normalized spacial score (nSPS) is 42.5. The smallest absolute Gasteiger partial charge is 0.0333 e. The molecule has 0 bridgehead atoms. The van der Waals surface area contributed by atoms with E-state index in [9.17, 15) is 0 Å². The van der Waals surface area contributed by atoms with Gasteiger partial charge >= 0.3 is 0 Å². The Morgan fingerprint density at radius 2 is 1.63 bits per heavy atom. The van der Waals surface area contributed by atoms with Gasteiger partial charge in [-0.1, -0.05) is 13.3 Å². The zero-order valence-electron chi connectivity index (χ0n) is 13.4. The van der Waals surface area contributed by atoms with E-state index in [4.69, 9.17) is 5.73 Å². The Morgan fingerprint density at radius 3 is 2.05 bits per heavy atom. The fourth-order valence-electron chi connectivity index (χ4n) is 4.06. The first kappa shape index (κ1) is 15.3. The second kappa shape index (κ2) is 6.11. The van der Waals surface area contributed by atoms with Crippen molar-refractivity contribution in [3.8, 4) is 0 Å². The lowest BCUT2D eigenvalue weighted by Crippen LogP contribution is -2.65.